The summed E-state index contributed by atoms with van der Waals surface area (Å²) < 4.78 is 17.3. The van der Waals surface area contributed by atoms with Crippen LogP contribution in [-0.4, -0.2) is 35.8 Å². The number of esters is 2. The molecule has 0 saturated heterocycles. The lowest BCUT2D eigenvalue weighted by atomic mass is 10.0. The first-order valence-corrected chi connectivity index (χ1v) is 9.96. The summed E-state index contributed by atoms with van der Waals surface area (Å²) in [5, 5.41) is 10.7. The number of ether oxygens (including phenoxy) is 3. The number of hydrogen-bond donors (Lipinski definition) is 1. The number of benzene rings is 2. The van der Waals surface area contributed by atoms with Gasteiger partial charge in [0.05, 0.1) is 19.9 Å². The topological polar surface area (TPSA) is 87.0 Å². The summed E-state index contributed by atoms with van der Waals surface area (Å²) in [5.74, 6) is -1.31. The van der Waals surface area contributed by atoms with Gasteiger partial charge >= 0.3 is 11.9 Å². The Morgan fingerprint density at radius 1 is 1.03 bits per heavy atom. The highest BCUT2D eigenvalue weighted by Crippen LogP contribution is 2.36. The average Bonchev–Trinajstić information content (AvgIpc) is 3.21. The van der Waals surface area contributed by atoms with E-state index >= 15 is 0 Å². The molecule has 0 aliphatic heterocycles. The predicted molar refractivity (Wildman–Crippen MR) is 119 cm³/mol. The second-order valence-electron chi connectivity index (χ2n) is 6.89. The number of aliphatic hydroxyl groups excluding tert-OH is 1. The molecule has 3 rings (SSSR count). The molecule has 7 heteroatoms. The molecule has 7 nitrogen and oxygen atoms in total. The van der Waals surface area contributed by atoms with Crippen LogP contribution in [0.4, 0.5) is 0 Å². The monoisotopic (exact) mass is 435 g/mol. The molecule has 0 amide bonds. The molecule has 1 aromatic heterocycles. The van der Waals surface area contributed by atoms with Crippen LogP contribution in [-0.2, 0) is 25.5 Å². The maximum absolute atomic E-state index is 12.9. The molecule has 166 valence electrons. The molecular formula is C25H25NO6. The Hall–Kier alpha value is -3.68. The van der Waals surface area contributed by atoms with Gasteiger partial charge in [-0.2, -0.15) is 0 Å². The first-order valence-electron chi connectivity index (χ1n) is 9.96. The molecule has 1 heterocycles. The molecule has 1 N–H and O–H groups in total. The molecular weight excluding hydrogens is 410 g/mol. The molecule has 0 spiro atoms. The van der Waals surface area contributed by atoms with Crippen molar-refractivity contribution in [1.29, 1.82) is 0 Å². The van der Waals surface area contributed by atoms with Gasteiger partial charge in [0.25, 0.3) is 0 Å². The van der Waals surface area contributed by atoms with Gasteiger partial charge < -0.3 is 23.9 Å². The average molecular weight is 435 g/mol. The number of allylic oxidation sites excluding steroid dienone is 1. The van der Waals surface area contributed by atoms with Crippen LogP contribution in [0, 0.1) is 0 Å². The van der Waals surface area contributed by atoms with Crippen LogP contribution in [0.2, 0.25) is 0 Å². The van der Waals surface area contributed by atoms with Crippen LogP contribution in [0.25, 0.3) is 11.1 Å². The van der Waals surface area contributed by atoms with Gasteiger partial charge in [-0.3, -0.25) is 0 Å². The number of carbonyl (C=O) groups excluding carboxylic acids is 2. The maximum atomic E-state index is 12.9. The van der Waals surface area contributed by atoms with Crippen molar-refractivity contribution in [1.82, 2.24) is 4.57 Å². The molecule has 2 aromatic carbocycles. The number of carbonyl (C=O) groups is 2. The SMILES string of the molecule is C=CCn1c(C(=O)OC)cc(-c2ccccc2)c1C(OC(O)c1ccccc1)C(=O)OC. The smallest absolute Gasteiger partial charge is 0.354 e. The quantitative estimate of drug-likeness (QED) is 0.310. The van der Waals surface area contributed by atoms with Crippen LogP contribution < -0.4 is 0 Å². The lowest BCUT2D eigenvalue weighted by Crippen LogP contribution is -2.24. The summed E-state index contributed by atoms with van der Waals surface area (Å²) >= 11 is 0. The van der Waals surface area contributed by atoms with Gasteiger partial charge in [0.2, 0.25) is 0 Å². The third-order valence-corrected chi connectivity index (χ3v) is 4.94. The minimum absolute atomic E-state index is 0.199. The van der Waals surface area contributed by atoms with E-state index in [1.807, 2.05) is 30.3 Å². The Labute approximate surface area is 186 Å². The van der Waals surface area contributed by atoms with Crippen molar-refractivity contribution in [2.75, 3.05) is 14.2 Å². The van der Waals surface area contributed by atoms with Gasteiger partial charge in [-0.1, -0.05) is 66.7 Å². The van der Waals surface area contributed by atoms with Crippen molar-refractivity contribution in [2.45, 2.75) is 18.9 Å². The lowest BCUT2D eigenvalue weighted by Gasteiger charge is -2.23. The van der Waals surface area contributed by atoms with E-state index in [1.54, 1.807) is 47.0 Å². The Kier molecular flexibility index (Phi) is 7.59. The molecule has 32 heavy (non-hydrogen) atoms. The van der Waals surface area contributed by atoms with E-state index in [1.165, 1.54) is 14.2 Å². The van der Waals surface area contributed by atoms with Crippen molar-refractivity contribution in [3.8, 4) is 11.1 Å². The zero-order valence-electron chi connectivity index (χ0n) is 17.9. The number of rotatable bonds is 9. The predicted octanol–water partition coefficient (Wildman–Crippen LogP) is 4.05. The number of hydrogen-bond acceptors (Lipinski definition) is 6. The lowest BCUT2D eigenvalue weighted by molar-refractivity contribution is -0.182. The van der Waals surface area contributed by atoms with Crippen LogP contribution in [0.3, 0.4) is 0 Å². The molecule has 0 radical (unpaired) electrons. The van der Waals surface area contributed by atoms with Crippen LogP contribution in [0.1, 0.15) is 34.1 Å². The second kappa shape index (κ2) is 10.6. The van der Waals surface area contributed by atoms with Gasteiger partial charge in [-0.05, 0) is 11.6 Å². The van der Waals surface area contributed by atoms with Crippen molar-refractivity contribution in [2.24, 2.45) is 0 Å². The van der Waals surface area contributed by atoms with Gasteiger partial charge in [-0.15, -0.1) is 6.58 Å². The molecule has 3 aromatic rings. The van der Waals surface area contributed by atoms with E-state index in [0.717, 1.165) is 5.56 Å². The Bertz CT molecular complexity index is 1070. The molecule has 0 aliphatic rings. The van der Waals surface area contributed by atoms with E-state index in [2.05, 4.69) is 6.58 Å². The zero-order valence-corrected chi connectivity index (χ0v) is 17.9. The molecule has 0 aliphatic carbocycles. The largest absolute Gasteiger partial charge is 0.467 e. The standard InChI is InChI=1S/C25H25NO6/c1-4-15-26-20(24(28)30-2)16-19(17-11-7-5-8-12-17)21(26)22(25(29)31-3)32-23(27)18-13-9-6-10-14-18/h4-14,16,22-23,27H,1,15H2,2-3H3. The first kappa shape index (κ1) is 23.0. The van der Waals surface area contributed by atoms with Gasteiger partial charge in [0, 0.05) is 17.7 Å². The molecule has 0 bridgehead atoms. The number of nitrogens with zero attached hydrogens (tertiary/aromatic N) is 1. The third-order valence-electron chi connectivity index (χ3n) is 4.94. The molecule has 2 unspecified atom stereocenters. The first-order chi connectivity index (χ1) is 15.5. The highest BCUT2D eigenvalue weighted by atomic mass is 16.6. The van der Waals surface area contributed by atoms with Crippen molar-refractivity contribution in [3.63, 3.8) is 0 Å². The second-order valence-corrected chi connectivity index (χ2v) is 6.89. The van der Waals surface area contributed by atoms with Gasteiger partial charge in [0.1, 0.15) is 5.69 Å². The van der Waals surface area contributed by atoms with Crippen LogP contribution >= 0.6 is 0 Å². The third kappa shape index (κ3) is 4.80. The fourth-order valence-electron chi connectivity index (χ4n) is 3.46. The maximum Gasteiger partial charge on any atom is 0.354 e. The number of aliphatic hydroxyl groups is 1. The van der Waals surface area contributed by atoms with E-state index in [4.69, 9.17) is 14.2 Å². The Morgan fingerprint density at radius 3 is 2.22 bits per heavy atom. The summed E-state index contributed by atoms with van der Waals surface area (Å²) in [5.41, 5.74) is 2.36. The normalized spacial score (nSPS) is 12.6. The van der Waals surface area contributed by atoms with Crippen LogP contribution in [0.5, 0.6) is 0 Å². The highest BCUT2D eigenvalue weighted by molar-refractivity contribution is 5.92. The van der Waals surface area contributed by atoms with Gasteiger partial charge in [-0.25, -0.2) is 9.59 Å². The fraction of sp³-hybridized carbons (Fsp3) is 0.200. The molecule has 0 fully saturated rings. The van der Waals surface area contributed by atoms with Crippen molar-refractivity contribution < 1.29 is 28.9 Å². The Morgan fingerprint density at radius 2 is 1.66 bits per heavy atom. The van der Waals surface area contributed by atoms with Crippen LogP contribution in [0.15, 0.2) is 79.4 Å². The highest BCUT2D eigenvalue weighted by Gasteiger charge is 2.34. The van der Waals surface area contributed by atoms with Gasteiger partial charge in [0.15, 0.2) is 12.4 Å². The van der Waals surface area contributed by atoms with Crippen molar-refractivity contribution in [3.05, 3.63) is 96.3 Å². The molecule has 2 atom stereocenters. The summed E-state index contributed by atoms with van der Waals surface area (Å²) in [7, 11) is 2.51. The van der Waals surface area contributed by atoms with E-state index in [0.29, 0.717) is 16.8 Å². The summed E-state index contributed by atoms with van der Waals surface area (Å²) in [6.45, 7) is 3.96. The number of aromatic nitrogens is 1. The minimum atomic E-state index is -1.41. The minimum Gasteiger partial charge on any atom is -0.467 e. The summed E-state index contributed by atoms with van der Waals surface area (Å²) in [6.07, 6.45) is -1.14. The fourth-order valence-corrected chi connectivity index (χ4v) is 3.46. The van der Waals surface area contributed by atoms with E-state index in [-0.39, 0.29) is 12.2 Å². The Balaban J connectivity index is 2.21. The van der Waals surface area contributed by atoms with E-state index < -0.39 is 24.3 Å². The summed E-state index contributed by atoms with van der Waals surface area (Å²) in [6, 6.07) is 19.5. The van der Waals surface area contributed by atoms with E-state index in [9.17, 15) is 14.7 Å². The molecule has 0 saturated carbocycles. The van der Waals surface area contributed by atoms with Crippen molar-refractivity contribution >= 4 is 11.9 Å². The zero-order chi connectivity index (χ0) is 23.1. The number of methoxy groups -OCH3 is 2. The summed E-state index contributed by atoms with van der Waals surface area (Å²) in [4.78, 5) is 25.4.